The van der Waals surface area contributed by atoms with Crippen molar-refractivity contribution in [3.8, 4) is 22.8 Å². The molecule has 7 nitrogen and oxygen atoms in total. The summed E-state index contributed by atoms with van der Waals surface area (Å²) >= 11 is 1.42. The number of pyridine rings is 1. The quantitative estimate of drug-likeness (QED) is 0.515. The molecule has 0 aliphatic carbocycles. The van der Waals surface area contributed by atoms with E-state index in [4.69, 9.17) is 4.74 Å². The van der Waals surface area contributed by atoms with Crippen LogP contribution < -0.4 is 4.74 Å². The lowest BCUT2D eigenvalue weighted by molar-refractivity contribution is -0.132. The number of aromatic nitrogens is 4. The minimum atomic E-state index is 0.164. The highest BCUT2D eigenvalue weighted by Crippen LogP contribution is 2.32. The topological polar surface area (TPSA) is 73.1 Å². The van der Waals surface area contributed by atoms with Crippen molar-refractivity contribution in [2.24, 2.45) is 0 Å². The zero-order valence-electron chi connectivity index (χ0n) is 17.9. The van der Waals surface area contributed by atoms with Crippen LogP contribution in [0, 0.1) is 0 Å². The van der Waals surface area contributed by atoms with E-state index in [0.717, 1.165) is 37.1 Å². The molecule has 1 amide bonds. The molecule has 4 rings (SSSR count). The van der Waals surface area contributed by atoms with Gasteiger partial charge in [0.05, 0.1) is 18.6 Å². The minimum Gasteiger partial charge on any atom is -0.495 e. The van der Waals surface area contributed by atoms with E-state index in [2.05, 4.69) is 22.1 Å². The van der Waals surface area contributed by atoms with Gasteiger partial charge in [0.2, 0.25) is 5.91 Å². The summed E-state index contributed by atoms with van der Waals surface area (Å²) in [5.41, 5.74) is 1.73. The third kappa shape index (κ3) is 4.58. The van der Waals surface area contributed by atoms with Crippen molar-refractivity contribution in [3.63, 3.8) is 0 Å². The normalized spacial score (nSPS) is 16.3. The molecule has 0 radical (unpaired) electrons. The summed E-state index contributed by atoms with van der Waals surface area (Å²) in [6, 6.07) is 11.9. The fourth-order valence-corrected chi connectivity index (χ4v) is 4.88. The van der Waals surface area contributed by atoms with Crippen LogP contribution in [0.5, 0.6) is 5.75 Å². The molecule has 0 saturated carbocycles. The highest BCUT2D eigenvalue weighted by atomic mass is 32.2. The maximum absolute atomic E-state index is 13.0. The number of amides is 1. The molecule has 1 aliphatic heterocycles. The molecular formula is C23H27N5O2S. The fraction of sp³-hybridized carbons (Fsp3) is 0.391. The number of para-hydroxylation sites is 2. The lowest BCUT2D eigenvalue weighted by Gasteiger charge is -2.35. The second-order valence-corrected chi connectivity index (χ2v) is 8.43. The number of thioether (sulfide) groups is 1. The summed E-state index contributed by atoms with van der Waals surface area (Å²) in [6.45, 7) is 3.00. The van der Waals surface area contributed by atoms with Gasteiger partial charge in [-0.3, -0.25) is 14.3 Å². The highest BCUT2D eigenvalue weighted by Gasteiger charge is 2.26. The molecule has 1 fully saturated rings. The Morgan fingerprint density at radius 3 is 2.74 bits per heavy atom. The monoisotopic (exact) mass is 437 g/mol. The smallest absolute Gasteiger partial charge is 0.233 e. The van der Waals surface area contributed by atoms with Crippen molar-refractivity contribution < 1.29 is 9.53 Å². The summed E-state index contributed by atoms with van der Waals surface area (Å²) in [6.07, 6.45) is 7.84. The number of piperidine rings is 1. The number of nitrogens with zero attached hydrogens (tertiary/aromatic N) is 5. The number of carbonyl (C=O) groups is 1. The average molecular weight is 438 g/mol. The Morgan fingerprint density at radius 1 is 1.16 bits per heavy atom. The van der Waals surface area contributed by atoms with E-state index in [9.17, 15) is 4.79 Å². The second-order valence-electron chi connectivity index (χ2n) is 7.48. The van der Waals surface area contributed by atoms with Crippen molar-refractivity contribution >= 4 is 17.7 Å². The zero-order chi connectivity index (χ0) is 21.6. The average Bonchev–Trinajstić information content (AvgIpc) is 3.26. The van der Waals surface area contributed by atoms with Gasteiger partial charge in [0.1, 0.15) is 5.75 Å². The van der Waals surface area contributed by atoms with Gasteiger partial charge in [0.15, 0.2) is 11.0 Å². The SMILES string of the molecule is CC[C@H]1CCCCN1C(=O)CSc1nnc(-c2ccncc2)n1-c1ccccc1OC. The molecule has 162 valence electrons. The second kappa shape index (κ2) is 9.96. The van der Waals surface area contributed by atoms with Gasteiger partial charge in [-0.05, 0) is 49.9 Å². The highest BCUT2D eigenvalue weighted by molar-refractivity contribution is 7.99. The molecule has 0 N–H and O–H groups in total. The third-order valence-corrected chi connectivity index (χ3v) is 6.56. The van der Waals surface area contributed by atoms with Crippen LogP contribution in [0.25, 0.3) is 17.1 Å². The Bertz CT molecular complexity index is 1020. The molecule has 1 aliphatic rings. The Labute approximate surface area is 186 Å². The van der Waals surface area contributed by atoms with E-state index < -0.39 is 0 Å². The van der Waals surface area contributed by atoms with Crippen LogP contribution in [0.3, 0.4) is 0 Å². The third-order valence-electron chi connectivity index (χ3n) is 5.64. The summed E-state index contributed by atoms with van der Waals surface area (Å²) in [5.74, 6) is 1.90. The number of rotatable bonds is 7. The predicted octanol–water partition coefficient (Wildman–Crippen LogP) is 4.22. The van der Waals surface area contributed by atoms with Gasteiger partial charge in [0, 0.05) is 30.5 Å². The molecule has 0 unspecified atom stereocenters. The lowest BCUT2D eigenvalue weighted by atomic mass is 10.0. The van der Waals surface area contributed by atoms with Crippen LogP contribution in [0.4, 0.5) is 0 Å². The number of ether oxygens (including phenoxy) is 1. The number of hydrogen-bond acceptors (Lipinski definition) is 6. The standard InChI is InChI=1S/C23H27N5O2S/c1-3-18-8-6-7-15-27(18)21(29)16-31-23-26-25-22(17-11-13-24-14-12-17)28(23)19-9-4-5-10-20(19)30-2/h4-5,9-14,18H,3,6-8,15-16H2,1-2H3/t18-/m0/s1. The van der Waals surface area contributed by atoms with Gasteiger partial charge in [-0.1, -0.05) is 30.8 Å². The summed E-state index contributed by atoms with van der Waals surface area (Å²) in [4.78, 5) is 19.2. The van der Waals surface area contributed by atoms with Gasteiger partial charge in [0.25, 0.3) is 0 Å². The van der Waals surface area contributed by atoms with Crippen LogP contribution in [0.2, 0.25) is 0 Å². The predicted molar refractivity (Wildman–Crippen MR) is 122 cm³/mol. The zero-order valence-corrected chi connectivity index (χ0v) is 18.7. The first-order valence-electron chi connectivity index (χ1n) is 10.6. The maximum Gasteiger partial charge on any atom is 0.233 e. The van der Waals surface area contributed by atoms with Crippen molar-refractivity contribution in [2.75, 3.05) is 19.4 Å². The minimum absolute atomic E-state index is 0.164. The Morgan fingerprint density at radius 2 is 1.97 bits per heavy atom. The molecule has 8 heteroatoms. The number of methoxy groups -OCH3 is 1. The Kier molecular flexibility index (Phi) is 6.86. The molecule has 3 aromatic rings. The Balaban J connectivity index is 1.65. The summed E-state index contributed by atoms with van der Waals surface area (Å²) in [7, 11) is 1.65. The van der Waals surface area contributed by atoms with E-state index >= 15 is 0 Å². The first-order valence-corrected chi connectivity index (χ1v) is 11.6. The van der Waals surface area contributed by atoms with E-state index in [0.29, 0.717) is 28.5 Å². The molecule has 2 aromatic heterocycles. The largest absolute Gasteiger partial charge is 0.495 e. The first-order chi connectivity index (χ1) is 15.2. The molecule has 1 aromatic carbocycles. The molecule has 1 atom stereocenters. The van der Waals surface area contributed by atoms with E-state index in [1.165, 1.54) is 18.2 Å². The number of benzene rings is 1. The molecule has 3 heterocycles. The van der Waals surface area contributed by atoms with Crippen LogP contribution in [0.15, 0.2) is 53.9 Å². The molecular weight excluding hydrogens is 410 g/mol. The number of carbonyl (C=O) groups excluding carboxylic acids is 1. The molecule has 1 saturated heterocycles. The first kappa shape index (κ1) is 21.4. The van der Waals surface area contributed by atoms with E-state index in [-0.39, 0.29) is 5.91 Å². The van der Waals surface area contributed by atoms with Gasteiger partial charge in [-0.2, -0.15) is 0 Å². The summed E-state index contributed by atoms with van der Waals surface area (Å²) < 4.78 is 7.55. The Hall–Kier alpha value is -2.87. The summed E-state index contributed by atoms with van der Waals surface area (Å²) in [5, 5.41) is 9.54. The fourth-order valence-electron chi connectivity index (χ4n) is 4.05. The van der Waals surface area contributed by atoms with Crippen molar-refractivity contribution in [2.45, 2.75) is 43.8 Å². The number of likely N-dealkylation sites (tertiary alicyclic amines) is 1. The van der Waals surface area contributed by atoms with Crippen LogP contribution in [-0.4, -0.2) is 56.0 Å². The van der Waals surface area contributed by atoms with Crippen molar-refractivity contribution in [3.05, 3.63) is 48.8 Å². The van der Waals surface area contributed by atoms with Crippen LogP contribution >= 0.6 is 11.8 Å². The van der Waals surface area contributed by atoms with Crippen LogP contribution in [-0.2, 0) is 4.79 Å². The number of hydrogen-bond donors (Lipinski definition) is 0. The van der Waals surface area contributed by atoms with Crippen molar-refractivity contribution in [1.82, 2.24) is 24.6 Å². The van der Waals surface area contributed by atoms with Gasteiger partial charge < -0.3 is 9.64 Å². The molecule has 0 spiro atoms. The molecule has 31 heavy (non-hydrogen) atoms. The van der Waals surface area contributed by atoms with Crippen LogP contribution in [0.1, 0.15) is 32.6 Å². The van der Waals surface area contributed by atoms with Gasteiger partial charge >= 0.3 is 0 Å². The van der Waals surface area contributed by atoms with Gasteiger partial charge in [-0.15, -0.1) is 10.2 Å². The van der Waals surface area contributed by atoms with E-state index in [1.807, 2.05) is 45.9 Å². The maximum atomic E-state index is 13.0. The van der Waals surface area contributed by atoms with E-state index in [1.54, 1.807) is 19.5 Å². The van der Waals surface area contributed by atoms with Gasteiger partial charge in [-0.25, -0.2) is 0 Å². The lowest BCUT2D eigenvalue weighted by Crippen LogP contribution is -2.44. The molecule has 0 bridgehead atoms. The van der Waals surface area contributed by atoms with Crippen molar-refractivity contribution in [1.29, 1.82) is 0 Å².